The Kier molecular flexibility index (Phi) is 6.68. The second kappa shape index (κ2) is 9.65. The lowest BCUT2D eigenvalue weighted by Crippen LogP contribution is -2.28. The average molecular weight is 476 g/mol. The molecule has 2 heterocycles. The number of anilines is 1. The number of amides is 1. The molecule has 1 aliphatic rings. The molecule has 1 N–H and O–H groups in total. The van der Waals surface area contributed by atoms with Gasteiger partial charge in [0.2, 0.25) is 5.91 Å². The van der Waals surface area contributed by atoms with Crippen LogP contribution in [0.3, 0.4) is 0 Å². The van der Waals surface area contributed by atoms with E-state index in [9.17, 15) is 22.8 Å². The fourth-order valence-corrected chi connectivity index (χ4v) is 4.49. The summed E-state index contributed by atoms with van der Waals surface area (Å²) < 4.78 is 42.2. The molecule has 4 rings (SSSR count). The van der Waals surface area contributed by atoms with Crippen molar-refractivity contribution in [2.45, 2.75) is 37.2 Å². The SMILES string of the molecule is O=C(CSc1nc(=O)n(Cc2ccncc2)c2c1CCC2)Nc1ccc(OC(F)(F)F)cc1. The number of fused-ring (bicyclic) bond motifs is 1. The number of ether oxygens (including phenoxy) is 1. The maximum absolute atomic E-state index is 12.7. The third-order valence-corrected chi connectivity index (χ3v) is 6.02. The minimum atomic E-state index is -4.78. The molecule has 1 aliphatic carbocycles. The van der Waals surface area contributed by atoms with Crippen LogP contribution in [-0.4, -0.2) is 32.6 Å². The van der Waals surface area contributed by atoms with Crippen LogP contribution in [0.25, 0.3) is 0 Å². The molecule has 11 heteroatoms. The van der Waals surface area contributed by atoms with Gasteiger partial charge >= 0.3 is 12.1 Å². The van der Waals surface area contributed by atoms with Crippen LogP contribution in [0, 0.1) is 0 Å². The van der Waals surface area contributed by atoms with Crippen molar-refractivity contribution >= 4 is 23.4 Å². The van der Waals surface area contributed by atoms with Crippen LogP contribution in [0.2, 0.25) is 0 Å². The zero-order chi connectivity index (χ0) is 23.4. The number of thioether (sulfide) groups is 1. The summed E-state index contributed by atoms with van der Waals surface area (Å²) in [7, 11) is 0. The van der Waals surface area contributed by atoms with Crippen LogP contribution < -0.4 is 15.7 Å². The van der Waals surface area contributed by atoms with Gasteiger partial charge in [-0.2, -0.15) is 4.98 Å². The Hall–Kier alpha value is -3.34. The molecule has 1 amide bonds. The average Bonchev–Trinajstić information content (AvgIpc) is 3.26. The van der Waals surface area contributed by atoms with E-state index in [2.05, 4.69) is 20.0 Å². The Morgan fingerprint density at radius 2 is 1.85 bits per heavy atom. The Bertz CT molecular complexity index is 1200. The maximum Gasteiger partial charge on any atom is 0.573 e. The predicted molar refractivity (Wildman–Crippen MR) is 116 cm³/mol. The van der Waals surface area contributed by atoms with Crippen molar-refractivity contribution in [1.29, 1.82) is 0 Å². The first-order chi connectivity index (χ1) is 15.8. The highest BCUT2D eigenvalue weighted by molar-refractivity contribution is 8.00. The number of pyridine rings is 1. The topological polar surface area (TPSA) is 86.1 Å². The molecular formula is C22H19F3N4O3S. The number of benzene rings is 1. The van der Waals surface area contributed by atoms with Crippen LogP contribution in [-0.2, 0) is 24.2 Å². The van der Waals surface area contributed by atoms with Gasteiger partial charge in [0.1, 0.15) is 10.8 Å². The van der Waals surface area contributed by atoms with E-state index in [1.165, 1.54) is 23.9 Å². The minimum absolute atomic E-state index is 0.00799. The second-order valence-electron chi connectivity index (χ2n) is 7.33. The summed E-state index contributed by atoms with van der Waals surface area (Å²) in [5.41, 5.74) is 2.84. The van der Waals surface area contributed by atoms with Gasteiger partial charge in [0, 0.05) is 29.3 Å². The third-order valence-electron chi connectivity index (χ3n) is 5.00. The van der Waals surface area contributed by atoms with E-state index in [0.29, 0.717) is 17.3 Å². The summed E-state index contributed by atoms with van der Waals surface area (Å²) in [6, 6.07) is 8.57. The van der Waals surface area contributed by atoms with Crippen molar-refractivity contribution in [1.82, 2.24) is 14.5 Å². The molecule has 0 atom stereocenters. The number of aromatic nitrogens is 3. The molecule has 0 bridgehead atoms. The molecule has 0 aliphatic heterocycles. The Balaban J connectivity index is 1.41. The van der Waals surface area contributed by atoms with Gasteiger partial charge in [-0.15, -0.1) is 13.2 Å². The van der Waals surface area contributed by atoms with Crippen molar-refractivity contribution in [2.75, 3.05) is 11.1 Å². The molecule has 0 radical (unpaired) electrons. The second-order valence-corrected chi connectivity index (χ2v) is 8.29. The van der Waals surface area contributed by atoms with Crippen molar-refractivity contribution in [2.24, 2.45) is 0 Å². The van der Waals surface area contributed by atoms with Gasteiger partial charge < -0.3 is 10.1 Å². The van der Waals surface area contributed by atoms with E-state index >= 15 is 0 Å². The number of alkyl halides is 3. The molecule has 172 valence electrons. The van der Waals surface area contributed by atoms with Crippen LogP contribution in [0.1, 0.15) is 23.2 Å². The number of hydrogen-bond donors (Lipinski definition) is 1. The zero-order valence-corrected chi connectivity index (χ0v) is 18.1. The lowest BCUT2D eigenvalue weighted by molar-refractivity contribution is -0.274. The fourth-order valence-electron chi connectivity index (χ4n) is 3.61. The molecule has 1 aromatic carbocycles. The number of carbonyl (C=O) groups is 1. The normalized spacial score (nSPS) is 12.9. The summed E-state index contributed by atoms with van der Waals surface area (Å²) in [6.07, 6.45) is 1.03. The smallest absolute Gasteiger partial charge is 0.406 e. The predicted octanol–water partition coefficient (Wildman–Crippen LogP) is 3.80. The van der Waals surface area contributed by atoms with Crippen LogP contribution in [0.15, 0.2) is 58.6 Å². The van der Waals surface area contributed by atoms with Gasteiger partial charge in [-0.05, 0) is 61.2 Å². The highest BCUT2D eigenvalue weighted by Crippen LogP contribution is 2.30. The van der Waals surface area contributed by atoms with E-state index in [4.69, 9.17) is 0 Å². The van der Waals surface area contributed by atoms with Gasteiger partial charge in [0.05, 0.1) is 12.3 Å². The molecule has 7 nitrogen and oxygen atoms in total. The fraction of sp³-hybridized carbons (Fsp3) is 0.273. The number of carbonyl (C=O) groups excluding carboxylic acids is 1. The number of hydrogen-bond acceptors (Lipinski definition) is 6. The van der Waals surface area contributed by atoms with E-state index in [1.54, 1.807) is 17.0 Å². The van der Waals surface area contributed by atoms with E-state index in [-0.39, 0.29) is 23.1 Å². The molecular weight excluding hydrogens is 457 g/mol. The van der Waals surface area contributed by atoms with Gasteiger partial charge in [0.25, 0.3) is 0 Å². The summed E-state index contributed by atoms with van der Waals surface area (Å²) in [6.45, 7) is 0.413. The van der Waals surface area contributed by atoms with Gasteiger partial charge in [0.15, 0.2) is 0 Å². The largest absolute Gasteiger partial charge is 0.573 e. The van der Waals surface area contributed by atoms with E-state index in [0.717, 1.165) is 48.2 Å². The number of nitrogens with one attached hydrogen (secondary N) is 1. The summed E-state index contributed by atoms with van der Waals surface area (Å²) in [5, 5.41) is 3.16. The molecule has 0 unspecified atom stereocenters. The van der Waals surface area contributed by atoms with Crippen LogP contribution in [0.5, 0.6) is 5.75 Å². The van der Waals surface area contributed by atoms with Gasteiger partial charge in [-0.3, -0.25) is 14.3 Å². The van der Waals surface area contributed by atoms with Crippen LogP contribution >= 0.6 is 11.8 Å². The standard InChI is InChI=1S/C22H19F3N4O3S/c23-22(24,25)32-16-6-4-15(5-7-16)27-19(30)13-33-20-17-2-1-3-18(17)29(21(31)28-20)12-14-8-10-26-11-9-14/h4-11H,1-3,12-13H2,(H,27,30). The molecule has 0 saturated carbocycles. The summed E-state index contributed by atoms with van der Waals surface area (Å²) >= 11 is 1.17. The summed E-state index contributed by atoms with van der Waals surface area (Å²) in [5.74, 6) is -0.727. The first-order valence-corrected chi connectivity index (χ1v) is 11.1. The Labute approximate surface area is 191 Å². The number of rotatable bonds is 7. The van der Waals surface area contributed by atoms with Crippen molar-refractivity contribution in [3.8, 4) is 5.75 Å². The van der Waals surface area contributed by atoms with Crippen LogP contribution in [0.4, 0.5) is 18.9 Å². The first kappa shape index (κ1) is 22.8. The minimum Gasteiger partial charge on any atom is -0.406 e. The maximum atomic E-state index is 12.7. The highest BCUT2D eigenvalue weighted by atomic mass is 32.2. The lowest BCUT2D eigenvalue weighted by Gasteiger charge is -2.14. The molecule has 0 spiro atoms. The lowest BCUT2D eigenvalue weighted by atomic mass is 10.2. The van der Waals surface area contributed by atoms with Crippen molar-refractivity contribution in [3.63, 3.8) is 0 Å². The molecule has 3 aromatic rings. The quantitative estimate of drug-likeness (QED) is 0.412. The molecule has 2 aromatic heterocycles. The molecule has 0 saturated heterocycles. The van der Waals surface area contributed by atoms with E-state index in [1.807, 2.05) is 12.1 Å². The Morgan fingerprint density at radius 1 is 1.12 bits per heavy atom. The zero-order valence-electron chi connectivity index (χ0n) is 17.3. The van der Waals surface area contributed by atoms with Gasteiger partial charge in [-0.25, -0.2) is 4.79 Å². The monoisotopic (exact) mass is 476 g/mol. The molecule has 33 heavy (non-hydrogen) atoms. The first-order valence-electron chi connectivity index (χ1n) is 10.1. The van der Waals surface area contributed by atoms with E-state index < -0.39 is 6.36 Å². The summed E-state index contributed by atoms with van der Waals surface area (Å²) in [4.78, 5) is 33.2. The third kappa shape index (κ3) is 5.92. The van der Waals surface area contributed by atoms with Crippen molar-refractivity contribution < 1.29 is 22.7 Å². The number of halogens is 3. The van der Waals surface area contributed by atoms with Crippen molar-refractivity contribution in [3.05, 3.63) is 76.1 Å². The number of nitrogens with zero attached hydrogens (tertiary/aromatic N) is 3. The van der Waals surface area contributed by atoms with Gasteiger partial charge in [-0.1, -0.05) is 11.8 Å². The Morgan fingerprint density at radius 3 is 2.55 bits per heavy atom. The molecule has 0 fully saturated rings. The highest BCUT2D eigenvalue weighted by Gasteiger charge is 2.31.